The lowest BCUT2D eigenvalue weighted by Crippen LogP contribution is -2.31. The predicted octanol–water partition coefficient (Wildman–Crippen LogP) is 2.24. The van der Waals surface area contributed by atoms with Gasteiger partial charge in [0.25, 0.3) is 0 Å². The van der Waals surface area contributed by atoms with Gasteiger partial charge in [-0.3, -0.25) is 0 Å². The van der Waals surface area contributed by atoms with Crippen LogP contribution < -0.4 is 4.90 Å². The minimum Gasteiger partial charge on any atom is -0.350 e. The fourth-order valence-electron chi connectivity index (χ4n) is 0.883. The molecule has 7 heteroatoms. The van der Waals surface area contributed by atoms with Crippen molar-refractivity contribution in [1.82, 2.24) is 9.97 Å². The van der Waals surface area contributed by atoms with Crippen molar-refractivity contribution in [3.8, 4) is 0 Å². The van der Waals surface area contributed by atoms with Gasteiger partial charge in [0.05, 0.1) is 0 Å². The van der Waals surface area contributed by atoms with Gasteiger partial charge < -0.3 is 4.90 Å². The van der Waals surface area contributed by atoms with Gasteiger partial charge in [0.2, 0.25) is 0 Å². The van der Waals surface area contributed by atoms with Crippen molar-refractivity contribution in [3.63, 3.8) is 0 Å². The molecule has 0 saturated heterocycles. The van der Waals surface area contributed by atoms with Gasteiger partial charge in [-0.05, 0) is 15.9 Å². The molecule has 0 spiro atoms. The highest BCUT2D eigenvalue weighted by atomic mass is 79.9. The Hall–Kier alpha value is -0.850. The lowest BCUT2D eigenvalue weighted by molar-refractivity contribution is -0.119. The van der Waals surface area contributed by atoms with E-state index >= 15 is 0 Å². The molecule has 0 aliphatic rings. The molecule has 1 aromatic rings. The normalized spacial score (nSPS) is 11.5. The fraction of sp³-hybridized carbons (Fsp3) is 0.429. The molecule has 0 radical (unpaired) electrons. The Kier molecular flexibility index (Phi) is 3.30. The number of anilines is 1. The van der Waals surface area contributed by atoms with Crippen LogP contribution in [0.2, 0.25) is 0 Å². The average Bonchev–Trinajstić information content (AvgIpc) is 2.01. The van der Waals surface area contributed by atoms with E-state index in [0.29, 0.717) is 4.60 Å². The van der Waals surface area contributed by atoms with Crippen molar-refractivity contribution in [2.24, 2.45) is 0 Å². The Labute approximate surface area is 87.1 Å². The van der Waals surface area contributed by atoms with Crippen LogP contribution in [-0.2, 0) is 0 Å². The number of nitrogens with zero attached hydrogens (tertiary/aromatic N) is 3. The number of hydrogen-bond acceptors (Lipinski definition) is 3. The van der Waals surface area contributed by atoms with Crippen LogP contribution in [0.4, 0.5) is 19.0 Å². The van der Waals surface area contributed by atoms with Crippen molar-refractivity contribution in [2.75, 3.05) is 18.5 Å². The summed E-state index contributed by atoms with van der Waals surface area (Å²) >= 11 is 3.05. The van der Waals surface area contributed by atoms with E-state index in [1.807, 2.05) is 0 Å². The summed E-state index contributed by atoms with van der Waals surface area (Å²) in [4.78, 5) is 8.43. The summed E-state index contributed by atoms with van der Waals surface area (Å²) in [5.41, 5.74) is 0. The number of hydrogen-bond donors (Lipinski definition) is 0. The molecule has 14 heavy (non-hydrogen) atoms. The lowest BCUT2D eigenvalue weighted by Gasteiger charge is -2.19. The van der Waals surface area contributed by atoms with Crippen LogP contribution in [0, 0.1) is 0 Å². The standard InChI is InChI=1S/C7H7BrF3N3/c1-14(3-7(9,10)11)6-2-5(8)12-4-13-6/h2,4H,3H2,1H3. The second-order valence-corrected chi connectivity index (χ2v) is 3.48. The maximum absolute atomic E-state index is 12.0. The number of rotatable bonds is 2. The van der Waals surface area contributed by atoms with Gasteiger partial charge in [0, 0.05) is 13.1 Å². The maximum Gasteiger partial charge on any atom is 0.405 e. The highest BCUT2D eigenvalue weighted by molar-refractivity contribution is 9.10. The minimum atomic E-state index is -4.23. The Morgan fingerprint density at radius 2 is 2.07 bits per heavy atom. The third kappa shape index (κ3) is 3.49. The molecular weight excluding hydrogens is 263 g/mol. The summed E-state index contributed by atoms with van der Waals surface area (Å²) in [5, 5.41) is 0. The molecule has 0 amide bonds. The van der Waals surface area contributed by atoms with Crippen molar-refractivity contribution >= 4 is 21.7 Å². The first-order valence-electron chi connectivity index (χ1n) is 3.64. The van der Waals surface area contributed by atoms with Gasteiger partial charge in [0.1, 0.15) is 23.3 Å². The van der Waals surface area contributed by atoms with Gasteiger partial charge >= 0.3 is 6.18 Å². The van der Waals surface area contributed by atoms with E-state index in [0.717, 1.165) is 4.90 Å². The van der Waals surface area contributed by atoms with E-state index in [9.17, 15) is 13.2 Å². The van der Waals surface area contributed by atoms with E-state index in [2.05, 4.69) is 25.9 Å². The van der Waals surface area contributed by atoms with Crippen LogP contribution in [0.5, 0.6) is 0 Å². The molecule has 0 aliphatic carbocycles. The third-order valence-electron chi connectivity index (χ3n) is 1.43. The number of alkyl halides is 3. The zero-order chi connectivity index (χ0) is 10.8. The Morgan fingerprint density at radius 1 is 1.43 bits per heavy atom. The predicted molar refractivity (Wildman–Crippen MR) is 49.1 cm³/mol. The van der Waals surface area contributed by atoms with Gasteiger partial charge in [0.15, 0.2) is 0 Å². The molecule has 1 rings (SSSR count). The molecule has 0 saturated carbocycles. The van der Waals surface area contributed by atoms with Crippen LogP contribution >= 0.6 is 15.9 Å². The van der Waals surface area contributed by atoms with Crippen LogP contribution in [0.1, 0.15) is 0 Å². The second-order valence-electron chi connectivity index (χ2n) is 2.67. The zero-order valence-electron chi connectivity index (χ0n) is 7.22. The van der Waals surface area contributed by atoms with E-state index in [4.69, 9.17) is 0 Å². The first kappa shape index (κ1) is 11.2. The molecular formula is C7H7BrF3N3. The molecule has 1 aromatic heterocycles. The Morgan fingerprint density at radius 3 is 2.57 bits per heavy atom. The molecule has 1 heterocycles. The summed E-state index contributed by atoms with van der Waals surface area (Å²) < 4.78 is 36.4. The summed E-state index contributed by atoms with van der Waals surface area (Å²) in [5.74, 6) is 0.226. The Balaban J connectivity index is 2.74. The maximum atomic E-state index is 12.0. The third-order valence-corrected chi connectivity index (χ3v) is 1.86. The second kappa shape index (κ2) is 4.12. The molecule has 0 bridgehead atoms. The molecule has 78 valence electrons. The van der Waals surface area contributed by atoms with Gasteiger partial charge in [-0.1, -0.05) is 0 Å². The van der Waals surface area contributed by atoms with Gasteiger partial charge in [-0.15, -0.1) is 0 Å². The topological polar surface area (TPSA) is 29.0 Å². The largest absolute Gasteiger partial charge is 0.405 e. The zero-order valence-corrected chi connectivity index (χ0v) is 8.80. The van der Waals surface area contributed by atoms with E-state index in [-0.39, 0.29) is 5.82 Å². The Bertz CT molecular complexity index is 315. The van der Waals surface area contributed by atoms with Gasteiger partial charge in [-0.2, -0.15) is 13.2 Å². The summed E-state index contributed by atoms with van der Waals surface area (Å²) in [7, 11) is 1.32. The summed E-state index contributed by atoms with van der Waals surface area (Å²) in [6.07, 6.45) is -3.03. The quantitative estimate of drug-likeness (QED) is 0.772. The van der Waals surface area contributed by atoms with Gasteiger partial charge in [-0.25, -0.2) is 9.97 Å². The molecule has 0 atom stereocenters. The minimum absolute atomic E-state index is 0.226. The van der Waals surface area contributed by atoms with E-state index in [1.165, 1.54) is 19.4 Å². The first-order chi connectivity index (χ1) is 6.38. The SMILES string of the molecule is CN(CC(F)(F)F)c1cc(Br)ncn1. The molecule has 0 aliphatic heterocycles. The molecule has 0 N–H and O–H groups in total. The highest BCUT2D eigenvalue weighted by Gasteiger charge is 2.29. The molecule has 0 fully saturated rings. The van der Waals surface area contributed by atoms with Crippen LogP contribution in [0.25, 0.3) is 0 Å². The molecule has 0 aromatic carbocycles. The monoisotopic (exact) mass is 269 g/mol. The average molecular weight is 270 g/mol. The van der Waals surface area contributed by atoms with Crippen LogP contribution in [-0.4, -0.2) is 29.7 Å². The number of halogens is 4. The van der Waals surface area contributed by atoms with Crippen LogP contribution in [0.15, 0.2) is 17.0 Å². The van der Waals surface area contributed by atoms with Crippen LogP contribution in [0.3, 0.4) is 0 Å². The van der Waals surface area contributed by atoms with Crippen molar-refractivity contribution in [1.29, 1.82) is 0 Å². The van der Waals surface area contributed by atoms with Crippen molar-refractivity contribution in [2.45, 2.75) is 6.18 Å². The smallest absolute Gasteiger partial charge is 0.350 e. The summed E-state index contributed by atoms with van der Waals surface area (Å²) in [6, 6.07) is 1.42. The highest BCUT2D eigenvalue weighted by Crippen LogP contribution is 2.20. The fourth-order valence-corrected chi connectivity index (χ4v) is 1.18. The van der Waals surface area contributed by atoms with Crippen molar-refractivity contribution < 1.29 is 13.2 Å². The first-order valence-corrected chi connectivity index (χ1v) is 4.43. The van der Waals surface area contributed by atoms with Crippen molar-refractivity contribution in [3.05, 3.63) is 17.0 Å². The number of aromatic nitrogens is 2. The van der Waals surface area contributed by atoms with E-state index < -0.39 is 12.7 Å². The molecule has 0 unspecified atom stereocenters. The summed E-state index contributed by atoms with van der Waals surface area (Å²) in [6.45, 7) is -1.03. The lowest BCUT2D eigenvalue weighted by atomic mass is 10.5. The van der Waals surface area contributed by atoms with E-state index in [1.54, 1.807) is 0 Å². The molecule has 3 nitrogen and oxygen atoms in total.